The molecule has 0 saturated carbocycles. The van der Waals surface area contributed by atoms with Crippen LogP contribution in [0.15, 0.2) is 60.7 Å². The van der Waals surface area contributed by atoms with Crippen LogP contribution in [-0.4, -0.2) is 41.4 Å². The molecule has 2 aromatic rings. The Labute approximate surface area is 154 Å². The minimum atomic E-state index is -0.996. The Morgan fingerprint density at radius 1 is 0.846 bits per heavy atom. The summed E-state index contributed by atoms with van der Waals surface area (Å²) >= 11 is 0. The maximum Gasteiger partial charge on any atom is 0.160 e. The van der Waals surface area contributed by atoms with Crippen LogP contribution in [0.25, 0.3) is 0 Å². The summed E-state index contributed by atoms with van der Waals surface area (Å²) in [7, 11) is 0. The van der Waals surface area contributed by atoms with E-state index in [0.29, 0.717) is 13.2 Å². The molecule has 3 rings (SSSR count). The maximum atomic E-state index is 10.2. The lowest BCUT2D eigenvalue weighted by Gasteiger charge is -2.43. The number of hydrogen-bond acceptors (Lipinski definition) is 5. The van der Waals surface area contributed by atoms with E-state index in [4.69, 9.17) is 14.2 Å². The molecule has 0 amide bonds. The van der Waals surface area contributed by atoms with Crippen LogP contribution >= 0.6 is 0 Å². The first-order valence-corrected chi connectivity index (χ1v) is 8.94. The second-order valence-corrected chi connectivity index (χ2v) is 6.63. The third-order valence-electron chi connectivity index (χ3n) is 4.72. The fourth-order valence-electron chi connectivity index (χ4n) is 3.18. The molecule has 1 aliphatic heterocycles. The second kappa shape index (κ2) is 9.26. The van der Waals surface area contributed by atoms with Crippen LogP contribution < -0.4 is 0 Å². The molecule has 140 valence electrons. The summed E-state index contributed by atoms with van der Waals surface area (Å²) in [5.41, 5.74) is 2.08. The zero-order valence-corrected chi connectivity index (χ0v) is 14.9. The Balaban J connectivity index is 1.71. The van der Waals surface area contributed by atoms with E-state index in [9.17, 15) is 10.2 Å². The number of benzene rings is 2. The maximum absolute atomic E-state index is 10.2. The summed E-state index contributed by atoms with van der Waals surface area (Å²) in [5, 5.41) is 19.9. The van der Waals surface area contributed by atoms with Gasteiger partial charge in [0.1, 0.15) is 12.2 Å². The van der Waals surface area contributed by atoms with Gasteiger partial charge < -0.3 is 24.4 Å². The quantitative estimate of drug-likeness (QED) is 0.796. The van der Waals surface area contributed by atoms with Crippen molar-refractivity contribution in [2.24, 2.45) is 5.92 Å². The highest BCUT2D eigenvalue weighted by Gasteiger charge is 2.44. The van der Waals surface area contributed by atoms with Crippen molar-refractivity contribution in [1.29, 1.82) is 0 Å². The highest BCUT2D eigenvalue weighted by atomic mass is 16.6. The minimum absolute atomic E-state index is 0.242. The standard InChI is InChI=1S/C21H26O5/c1-15-19(24-13-16-8-4-2-5-9-16)20(18(12-22)26-21(15)23)25-14-17-10-6-3-7-11-17/h2-11,15,18-23H,12-14H2,1H3. The van der Waals surface area contributed by atoms with E-state index in [0.717, 1.165) is 11.1 Å². The van der Waals surface area contributed by atoms with E-state index in [-0.39, 0.29) is 18.6 Å². The summed E-state index contributed by atoms with van der Waals surface area (Å²) in [5.74, 6) is -0.276. The van der Waals surface area contributed by atoms with Crippen LogP contribution in [0.1, 0.15) is 18.1 Å². The van der Waals surface area contributed by atoms with Gasteiger partial charge in [-0.1, -0.05) is 67.6 Å². The summed E-state index contributed by atoms with van der Waals surface area (Å²) in [6.07, 6.45) is -2.49. The van der Waals surface area contributed by atoms with Crippen molar-refractivity contribution in [3.05, 3.63) is 71.8 Å². The largest absolute Gasteiger partial charge is 0.394 e. The van der Waals surface area contributed by atoms with Crippen LogP contribution in [0.3, 0.4) is 0 Å². The zero-order valence-electron chi connectivity index (χ0n) is 14.9. The van der Waals surface area contributed by atoms with Gasteiger partial charge in [0.25, 0.3) is 0 Å². The average Bonchev–Trinajstić information content (AvgIpc) is 2.69. The first-order chi connectivity index (χ1) is 12.7. The summed E-state index contributed by atoms with van der Waals surface area (Å²) in [4.78, 5) is 0. The van der Waals surface area contributed by atoms with Gasteiger partial charge in [0, 0.05) is 5.92 Å². The van der Waals surface area contributed by atoms with Gasteiger partial charge in [-0.3, -0.25) is 0 Å². The van der Waals surface area contributed by atoms with Crippen LogP contribution in [-0.2, 0) is 27.4 Å². The fourth-order valence-corrected chi connectivity index (χ4v) is 3.18. The summed E-state index contributed by atoms with van der Waals surface area (Å²) in [6.45, 7) is 2.42. The minimum Gasteiger partial charge on any atom is -0.394 e. The molecule has 0 spiro atoms. The van der Waals surface area contributed by atoms with Gasteiger partial charge in [-0.15, -0.1) is 0 Å². The molecule has 1 heterocycles. The molecule has 26 heavy (non-hydrogen) atoms. The molecule has 5 atom stereocenters. The molecule has 5 nitrogen and oxygen atoms in total. The van der Waals surface area contributed by atoms with Crippen molar-refractivity contribution in [3.63, 3.8) is 0 Å². The van der Waals surface area contributed by atoms with E-state index < -0.39 is 18.5 Å². The fraction of sp³-hybridized carbons (Fsp3) is 0.429. The van der Waals surface area contributed by atoms with Crippen molar-refractivity contribution in [3.8, 4) is 0 Å². The van der Waals surface area contributed by atoms with Gasteiger partial charge in [-0.2, -0.15) is 0 Å². The number of aliphatic hydroxyl groups excluding tert-OH is 2. The molecule has 5 heteroatoms. The van der Waals surface area contributed by atoms with Crippen molar-refractivity contribution in [2.75, 3.05) is 6.61 Å². The van der Waals surface area contributed by atoms with Crippen molar-refractivity contribution >= 4 is 0 Å². The van der Waals surface area contributed by atoms with Gasteiger partial charge >= 0.3 is 0 Å². The van der Waals surface area contributed by atoms with E-state index in [1.54, 1.807) is 0 Å². The smallest absolute Gasteiger partial charge is 0.160 e. The molecule has 0 aliphatic carbocycles. The summed E-state index contributed by atoms with van der Waals surface area (Å²) in [6, 6.07) is 19.7. The molecule has 0 aromatic heterocycles. The highest BCUT2D eigenvalue weighted by Crippen LogP contribution is 2.30. The van der Waals surface area contributed by atoms with Gasteiger partial charge in [-0.05, 0) is 11.1 Å². The summed E-state index contributed by atoms with van der Waals surface area (Å²) < 4.78 is 17.7. The molecular weight excluding hydrogens is 332 g/mol. The monoisotopic (exact) mass is 358 g/mol. The SMILES string of the molecule is CC1C(O)OC(CO)C(OCc2ccccc2)C1OCc1ccccc1. The molecule has 5 unspecified atom stereocenters. The molecule has 2 aromatic carbocycles. The molecule has 0 bridgehead atoms. The van der Waals surface area contributed by atoms with Crippen LogP contribution in [0, 0.1) is 5.92 Å². The average molecular weight is 358 g/mol. The number of aliphatic hydroxyl groups is 2. The normalized spacial score (nSPS) is 28.8. The Morgan fingerprint density at radius 3 is 1.85 bits per heavy atom. The van der Waals surface area contributed by atoms with Crippen LogP contribution in [0.5, 0.6) is 0 Å². The first kappa shape index (κ1) is 19.0. The lowest BCUT2D eigenvalue weighted by atomic mass is 9.92. The molecular formula is C21H26O5. The van der Waals surface area contributed by atoms with E-state index in [1.807, 2.05) is 67.6 Å². The number of rotatable bonds is 7. The van der Waals surface area contributed by atoms with Crippen molar-refractivity contribution < 1.29 is 24.4 Å². The van der Waals surface area contributed by atoms with Crippen LogP contribution in [0.2, 0.25) is 0 Å². The lowest BCUT2D eigenvalue weighted by Crippen LogP contribution is -2.56. The Bertz CT molecular complexity index is 604. The third kappa shape index (κ3) is 4.69. The highest BCUT2D eigenvalue weighted by molar-refractivity contribution is 5.14. The van der Waals surface area contributed by atoms with E-state index in [2.05, 4.69) is 0 Å². The molecule has 1 fully saturated rings. The predicted molar refractivity (Wildman–Crippen MR) is 97.2 cm³/mol. The van der Waals surface area contributed by atoms with Gasteiger partial charge in [0.2, 0.25) is 0 Å². The zero-order chi connectivity index (χ0) is 18.4. The molecule has 2 N–H and O–H groups in total. The number of ether oxygens (including phenoxy) is 3. The predicted octanol–water partition coefficient (Wildman–Crippen LogP) is 2.50. The number of hydrogen-bond donors (Lipinski definition) is 2. The molecule has 0 radical (unpaired) electrons. The first-order valence-electron chi connectivity index (χ1n) is 8.94. The van der Waals surface area contributed by atoms with Gasteiger partial charge in [0.05, 0.1) is 25.9 Å². The topological polar surface area (TPSA) is 68.2 Å². The van der Waals surface area contributed by atoms with Gasteiger partial charge in [0.15, 0.2) is 6.29 Å². The lowest BCUT2D eigenvalue weighted by molar-refractivity contribution is -0.286. The van der Waals surface area contributed by atoms with Crippen LogP contribution in [0.4, 0.5) is 0 Å². The van der Waals surface area contributed by atoms with E-state index >= 15 is 0 Å². The van der Waals surface area contributed by atoms with Gasteiger partial charge in [-0.25, -0.2) is 0 Å². The van der Waals surface area contributed by atoms with Crippen molar-refractivity contribution in [1.82, 2.24) is 0 Å². The second-order valence-electron chi connectivity index (χ2n) is 6.63. The molecule has 1 aliphatic rings. The van der Waals surface area contributed by atoms with E-state index in [1.165, 1.54) is 0 Å². The Morgan fingerprint density at radius 2 is 1.35 bits per heavy atom. The molecule has 1 saturated heterocycles. The van der Waals surface area contributed by atoms with Crippen molar-refractivity contribution in [2.45, 2.75) is 44.7 Å². The Hall–Kier alpha value is -1.76. The third-order valence-corrected chi connectivity index (χ3v) is 4.72. The Kier molecular flexibility index (Phi) is 6.77.